The molecule has 0 aromatic heterocycles. The summed E-state index contributed by atoms with van der Waals surface area (Å²) in [5, 5.41) is 0. The second-order valence-electron chi connectivity index (χ2n) is 6.97. The van der Waals surface area contributed by atoms with Crippen molar-refractivity contribution in [3.8, 4) is 0 Å². The van der Waals surface area contributed by atoms with Crippen LogP contribution in [0.4, 0.5) is 0 Å². The lowest BCUT2D eigenvalue weighted by Gasteiger charge is -2.37. The zero-order valence-electron chi connectivity index (χ0n) is 15.2. The van der Waals surface area contributed by atoms with Gasteiger partial charge in [-0.2, -0.15) is 4.31 Å². The van der Waals surface area contributed by atoms with Crippen molar-refractivity contribution in [3.63, 3.8) is 0 Å². The van der Waals surface area contributed by atoms with E-state index in [4.69, 9.17) is 4.74 Å². The van der Waals surface area contributed by atoms with Crippen molar-refractivity contribution in [2.75, 3.05) is 25.4 Å². The van der Waals surface area contributed by atoms with Crippen molar-refractivity contribution >= 4 is 21.8 Å². The molecule has 2 heterocycles. The SMILES string of the molecule is Cc1c(C)c(C)c(S(=O)(=O)N2CCC3(CC2)OCCS3)c(C)c1C. The third-order valence-corrected chi connectivity index (χ3v) is 9.42. The summed E-state index contributed by atoms with van der Waals surface area (Å²) >= 11 is 1.84. The highest BCUT2D eigenvalue weighted by atomic mass is 32.2. The highest BCUT2D eigenvalue weighted by Gasteiger charge is 2.42. The summed E-state index contributed by atoms with van der Waals surface area (Å²) in [5.74, 6) is 1.02. The lowest BCUT2D eigenvalue weighted by Crippen LogP contribution is -2.45. The largest absolute Gasteiger partial charge is 0.363 e. The van der Waals surface area contributed by atoms with Crippen LogP contribution in [0.15, 0.2) is 4.90 Å². The number of ether oxygens (including phenoxy) is 1. The van der Waals surface area contributed by atoms with Gasteiger partial charge in [-0.15, -0.1) is 11.8 Å². The molecule has 2 saturated heterocycles. The molecule has 0 unspecified atom stereocenters. The maximum absolute atomic E-state index is 13.3. The Kier molecular flexibility index (Phi) is 4.79. The van der Waals surface area contributed by atoms with Crippen LogP contribution >= 0.6 is 11.8 Å². The van der Waals surface area contributed by atoms with E-state index in [-0.39, 0.29) is 4.93 Å². The first-order valence-corrected chi connectivity index (χ1v) is 11.0. The van der Waals surface area contributed by atoms with E-state index in [1.165, 1.54) is 5.56 Å². The summed E-state index contributed by atoms with van der Waals surface area (Å²) in [6.07, 6.45) is 1.55. The van der Waals surface area contributed by atoms with Gasteiger partial charge in [-0.05, 0) is 75.3 Å². The molecular weight excluding hydrogens is 342 g/mol. The predicted octanol–water partition coefficient (Wildman–Crippen LogP) is 3.47. The molecule has 0 saturated carbocycles. The van der Waals surface area contributed by atoms with E-state index in [1.54, 1.807) is 4.31 Å². The van der Waals surface area contributed by atoms with Crippen LogP contribution in [0.5, 0.6) is 0 Å². The highest BCUT2D eigenvalue weighted by molar-refractivity contribution is 8.00. The number of hydrogen-bond acceptors (Lipinski definition) is 4. The van der Waals surface area contributed by atoms with E-state index in [0.717, 1.165) is 47.5 Å². The van der Waals surface area contributed by atoms with Gasteiger partial charge in [0, 0.05) is 18.8 Å². The van der Waals surface area contributed by atoms with Crippen molar-refractivity contribution in [2.24, 2.45) is 0 Å². The van der Waals surface area contributed by atoms with Crippen molar-refractivity contribution in [3.05, 3.63) is 27.8 Å². The summed E-state index contributed by atoms with van der Waals surface area (Å²) < 4.78 is 34.2. The van der Waals surface area contributed by atoms with Gasteiger partial charge in [0.25, 0.3) is 0 Å². The molecule has 0 atom stereocenters. The van der Waals surface area contributed by atoms with E-state index in [9.17, 15) is 8.42 Å². The Hall–Kier alpha value is -0.560. The molecule has 0 radical (unpaired) electrons. The van der Waals surface area contributed by atoms with Crippen LogP contribution in [0.25, 0.3) is 0 Å². The van der Waals surface area contributed by atoms with E-state index in [2.05, 4.69) is 6.92 Å². The van der Waals surface area contributed by atoms with Gasteiger partial charge in [-0.3, -0.25) is 0 Å². The van der Waals surface area contributed by atoms with Crippen LogP contribution in [-0.2, 0) is 14.8 Å². The number of nitrogens with zero attached hydrogens (tertiary/aromatic N) is 1. The third-order valence-electron chi connectivity index (χ3n) is 5.83. The van der Waals surface area contributed by atoms with Crippen molar-refractivity contribution < 1.29 is 13.2 Å². The molecule has 4 nitrogen and oxygen atoms in total. The van der Waals surface area contributed by atoms with Crippen LogP contribution in [0.3, 0.4) is 0 Å². The maximum Gasteiger partial charge on any atom is 0.243 e. The Balaban J connectivity index is 1.95. The second-order valence-corrected chi connectivity index (χ2v) is 10.3. The fraction of sp³-hybridized carbons (Fsp3) is 0.667. The third kappa shape index (κ3) is 2.81. The monoisotopic (exact) mass is 369 g/mol. The zero-order chi connectivity index (χ0) is 17.7. The van der Waals surface area contributed by atoms with E-state index >= 15 is 0 Å². The van der Waals surface area contributed by atoms with Crippen LogP contribution in [0.2, 0.25) is 0 Å². The molecule has 2 aliphatic heterocycles. The quantitative estimate of drug-likeness (QED) is 0.801. The van der Waals surface area contributed by atoms with Gasteiger partial charge in [0.15, 0.2) is 0 Å². The molecule has 0 N–H and O–H groups in total. The standard InChI is InChI=1S/C18H27NO3S2/c1-12-13(2)15(4)17(16(5)14(12)3)24(20,21)19-8-6-18(7-9-19)22-10-11-23-18/h6-11H2,1-5H3. The number of piperidine rings is 1. The Bertz CT molecular complexity index is 726. The van der Waals surface area contributed by atoms with Gasteiger partial charge in [0.2, 0.25) is 10.0 Å². The molecule has 1 aromatic carbocycles. The number of thioether (sulfide) groups is 1. The van der Waals surface area contributed by atoms with Crippen LogP contribution in [0, 0.1) is 34.6 Å². The maximum atomic E-state index is 13.3. The molecule has 134 valence electrons. The minimum atomic E-state index is -3.46. The van der Waals surface area contributed by atoms with E-state index in [0.29, 0.717) is 18.0 Å². The fourth-order valence-corrected chi connectivity index (χ4v) is 7.01. The van der Waals surface area contributed by atoms with Crippen molar-refractivity contribution in [2.45, 2.75) is 57.3 Å². The molecule has 3 rings (SSSR count). The molecule has 1 spiro atoms. The van der Waals surface area contributed by atoms with Gasteiger partial charge < -0.3 is 4.74 Å². The average molecular weight is 370 g/mol. The number of rotatable bonds is 2. The Morgan fingerprint density at radius 3 is 1.88 bits per heavy atom. The Morgan fingerprint density at radius 2 is 1.42 bits per heavy atom. The summed E-state index contributed by atoms with van der Waals surface area (Å²) in [7, 11) is -3.46. The number of benzene rings is 1. The van der Waals surface area contributed by atoms with Crippen molar-refractivity contribution in [1.82, 2.24) is 4.31 Å². The highest BCUT2D eigenvalue weighted by Crippen LogP contribution is 2.43. The van der Waals surface area contributed by atoms with Crippen LogP contribution < -0.4 is 0 Å². The Morgan fingerprint density at radius 1 is 0.917 bits per heavy atom. The first kappa shape index (κ1) is 18.2. The molecule has 24 heavy (non-hydrogen) atoms. The zero-order valence-corrected chi connectivity index (χ0v) is 16.9. The van der Waals surface area contributed by atoms with Gasteiger partial charge in [-0.1, -0.05) is 0 Å². The summed E-state index contributed by atoms with van der Waals surface area (Å²) in [6, 6.07) is 0. The first-order chi connectivity index (χ1) is 11.2. The predicted molar refractivity (Wildman–Crippen MR) is 99.3 cm³/mol. The first-order valence-electron chi connectivity index (χ1n) is 8.55. The molecule has 2 aliphatic rings. The molecule has 2 fully saturated rings. The molecule has 6 heteroatoms. The fourth-order valence-electron chi connectivity index (χ4n) is 3.83. The summed E-state index contributed by atoms with van der Waals surface area (Å²) in [4.78, 5) is 0.369. The molecule has 0 bridgehead atoms. The molecule has 0 aliphatic carbocycles. The number of sulfonamides is 1. The van der Waals surface area contributed by atoms with Gasteiger partial charge in [0.05, 0.1) is 11.5 Å². The summed E-state index contributed by atoms with van der Waals surface area (Å²) in [6.45, 7) is 11.8. The molecule has 1 aromatic rings. The van der Waals surface area contributed by atoms with Crippen molar-refractivity contribution in [1.29, 1.82) is 0 Å². The lowest BCUT2D eigenvalue weighted by atomic mass is 9.95. The van der Waals surface area contributed by atoms with Gasteiger partial charge >= 0.3 is 0 Å². The smallest absolute Gasteiger partial charge is 0.243 e. The normalized spacial score (nSPS) is 21.5. The van der Waals surface area contributed by atoms with E-state index < -0.39 is 10.0 Å². The lowest BCUT2D eigenvalue weighted by molar-refractivity contribution is 0.0161. The summed E-state index contributed by atoms with van der Waals surface area (Å²) in [5.41, 5.74) is 5.14. The van der Waals surface area contributed by atoms with Crippen LogP contribution in [-0.4, -0.2) is 43.1 Å². The van der Waals surface area contributed by atoms with Crippen LogP contribution in [0.1, 0.15) is 40.7 Å². The van der Waals surface area contributed by atoms with Gasteiger partial charge in [0.1, 0.15) is 4.93 Å². The van der Waals surface area contributed by atoms with Gasteiger partial charge in [-0.25, -0.2) is 8.42 Å². The second kappa shape index (κ2) is 6.31. The Labute approximate surface area is 150 Å². The average Bonchev–Trinajstić information content (AvgIpc) is 2.99. The minimum Gasteiger partial charge on any atom is -0.363 e. The topological polar surface area (TPSA) is 46.6 Å². The minimum absolute atomic E-state index is 0.144. The number of hydrogen-bond donors (Lipinski definition) is 0. The van der Waals surface area contributed by atoms with E-state index in [1.807, 2.05) is 39.5 Å². The molecule has 0 amide bonds. The molecular formula is C18H27NO3S2.